The van der Waals surface area contributed by atoms with Crippen molar-refractivity contribution in [1.29, 1.82) is 5.41 Å². The molecule has 1 aliphatic rings. The van der Waals surface area contributed by atoms with Crippen molar-refractivity contribution in [3.8, 4) is 0 Å². The summed E-state index contributed by atoms with van der Waals surface area (Å²) < 4.78 is 0. The van der Waals surface area contributed by atoms with Gasteiger partial charge in [0.1, 0.15) is 0 Å². The van der Waals surface area contributed by atoms with E-state index in [1.807, 2.05) is 0 Å². The number of hydrogen-bond donors (Lipinski definition) is 2. The highest BCUT2D eigenvalue weighted by Crippen LogP contribution is 2.08. The number of carbonyl (C=O) groups is 1. The van der Waals surface area contributed by atoms with Gasteiger partial charge in [-0.2, -0.15) is 0 Å². The van der Waals surface area contributed by atoms with Crippen molar-refractivity contribution in [2.24, 2.45) is 5.73 Å². The summed E-state index contributed by atoms with van der Waals surface area (Å²) in [4.78, 5) is 10.8. The Labute approximate surface area is 58.7 Å². The highest BCUT2D eigenvalue weighted by molar-refractivity contribution is 6.20. The van der Waals surface area contributed by atoms with E-state index in [0.29, 0.717) is 11.3 Å². The third-order valence-corrected chi connectivity index (χ3v) is 1.47. The van der Waals surface area contributed by atoms with E-state index in [1.54, 1.807) is 6.92 Å². The van der Waals surface area contributed by atoms with Crippen molar-refractivity contribution < 1.29 is 4.79 Å². The van der Waals surface area contributed by atoms with E-state index >= 15 is 0 Å². The van der Waals surface area contributed by atoms with Crippen molar-refractivity contribution in [2.45, 2.75) is 6.92 Å². The zero-order chi connectivity index (χ0) is 7.72. The number of nitrogens with two attached hydrogens (primary N) is 1. The molecule has 10 heavy (non-hydrogen) atoms. The third-order valence-electron chi connectivity index (χ3n) is 1.47. The Balaban J connectivity index is 3.12. The van der Waals surface area contributed by atoms with Crippen LogP contribution in [0.2, 0.25) is 0 Å². The first-order valence-electron chi connectivity index (χ1n) is 2.90. The van der Waals surface area contributed by atoms with E-state index in [1.165, 1.54) is 12.2 Å². The maximum atomic E-state index is 10.8. The molecule has 1 aliphatic carbocycles. The minimum Gasteiger partial charge on any atom is -0.395 e. The predicted molar refractivity (Wildman–Crippen MR) is 38.8 cm³/mol. The Bertz CT molecular complexity index is 235. The normalized spacial score (nSPS) is 18.5. The Hall–Kier alpha value is -1.38. The van der Waals surface area contributed by atoms with Gasteiger partial charge in [0.05, 0.1) is 11.4 Å². The molecule has 52 valence electrons. The maximum Gasteiger partial charge on any atom is 0.201 e. The zero-order valence-electron chi connectivity index (χ0n) is 5.64. The summed E-state index contributed by atoms with van der Waals surface area (Å²) in [6.45, 7) is 1.67. The average molecular weight is 136 g/mol. The molecule has 0 aliphatic heterocycles. The number of hydrogen-bond acceptors (Lipinski definition) is 3. The highest BCUT2D eigenvalue weighted by atomic mass is 16.1. The molecule has 0 radical (unpaired) electrons. The van der Waals surface area contributed by atoms with Crippen LogP contribution in [-0.4, -0.2) is 11.5 Å². The molecular weight excluding hydrogens is 128 g/mol. The summed E-state index contributed by atoms with van der Waals surface area (Å²) in [7, 11) is 0. The molecule has 0 aromatic heterocycles. The van der Waals surface area contributed by atoms with Crippen LogP contribution in [0.15, 0.2) is 23.4 Å². The van der Waals surface area contributed by atoms with Gasteiger partial charge in [0, 0.05) is 5.57 Å². The van der Waals surface area contributed by atoms with Gasteiger partial charge in [-0.3, -0.25) is 4.79 Å². The number of nitrogens with one attached hydrogen (secondary N) is 1. The second-order valence-corrected chi connectivity index (χ2v) is 2.15. The molecule has 0 saturated carbocycles. The van der Waals surface area contributed by atoms with Crippen LogP contribution in [0.4, 0.5) is 0 Å². The topological polar surface area (TPSA) is 66.9 Å². The fourth-order valence-corrected chi connectivity index (χ4v) is 0.704. The Morgan fingerprint density at radius 3 is 2.60 bits per heavy atom. The van der Waals surface area contributed by atoms with Crippen molar-refractivity contribution in [2.75, 3.05) is 0 Å². The van der Waals surface area contributed by atoms with Crippen LogP contribution in [0.1, 0.15) is 6.92 Å². The minimum atomic E-state index is -0.200. The van der Waals surface area contributed by atoms with Gasteiger partial charge in [-0.05, 0) is 19.1 Å². The largest absolute Gasteiger partial charge is 0.395 e. The van der Waals surface area contributed by atoms with Crippen molar-refractivity contribution >= 4 is 11.5 Å². The summed E-state index contributed by atoms with van der Waals surface area (Å²) in [6.07, 6.45) is 2.76. The molecule has 0 unspecified atom stereocenters. The van der Waals surface area contributed by atoms with Crippen LogP contribution in [0.25, 0.3) is 0 Å². The molecule has 0 atom stereocenters. The fraction of sp³-hybridized carbons (Fsp3) is 0.143. The summed E-state index contributed by atoms with van der Waals surface area (Å²) in [6, 6.07) is 0. The SMILES string of the molecule is CC1=C(N)C(=O)C=CC1=N. The summed E-state index contributed by atoms with van der Waals surface area (Å²) in [5.41, 5.74) is 6.42. The summed E-state index contributed by atoms with van der Waals surface area (Å²) in [5, 5.41) is 7.24. The molecule has 3 nitrogen and oxygen atoms in total. The minimum absolute atomic E-state index is 0.188. The van der Waals surface area contributed by atoms with Gasteiger partial charge in [0.2, 0.25) is 5.78 Å². The van der Waals surface area contributed by atoms with Crippen molar-refractivity contribution in [3.05, 3.63) is 23.4 Å². The molecule has 0 amide bonds. The lowest BCUT2D eigenvalue weighted by Crippen LogP contribution is -2.18. The second kappa shape index (κ2) is 2.10. The molecule has 0 bridgehead atoms. The lowest BCUT2D eigenvalue weighted by atomic mass is 10.0. The van der Waals surface area contributed by atoms with Gasteiger partial charge >= 0.3 is 0 Å². The Morgan fingerprint density at radius 2 is 2.10 bits per heavy atom. The quantitative estimate of drug-likeness (QED) is 0.473. The van der Waals surface area contributed by atoms with Gasteiger partial charge in [-0.25, -0.2) is 0 Å². The van der Waals surface area contributed by atoms with Crippen LogP contribution < -0.4 is 5.73 Å². The standard InChI is InChI=1S/C7H8N2O/c1-4-5(8)2-3-6(10)7(4)9/h2-3,8H,9H2,1H3. The maximum absolute atomic E-state index is 10.8. The van der Waals surface area contributed by atoms with Crippen molar-refractivity contribution in [1.82, 2.24) is 0 Å². The summed E-state index contributed by atoms with van der Waals surface area (Å²) >= 11 is 0. The van der Waals surface area contributed by atoms with Crippen LogP contribution in [-0.2, 0) is 4.79 Å². The number of ketones is 1. The molecule has 1 rings (SSSR count). The van der Waals surface area contributed by atoms with Gasteiger partial charge < -0.3 is 11.1 Å². The zero-order valence-corrected chi connectivity index (χ0v) is 5.64. The Kier molecular flexibility index (Phi) is 1.41. The second-order valence-electron chi connectivity index (χ2n) is 2.15. The van der Waals surface area contributed by atoms with Gasteiger partial charge in [0.25, 0.3) is 0 Å². The third kappa shape index (κ3) is 0.857. The van der Waals surface area contributed by atoms with E-state index in [-0.39, 0.29) is 11.5 Å². The number of allylic oxidation sites excluding steroid dienone is 3. The fourth-order valence-electron chi connectivity index (χ4n) is 0.704. The van der Waals surface area contributed by atoms with Crippen LogP contribution in [0, 0.1) is 5.41 Å². The molecule has 0 saturated heterocycles. The molecule has 0 fully saturated rings. The van der Waals surface area contributed by atoms with Gasteiger partial charge in [-0.15, -0.1) is 0 Å². The molecule has 3 heteroatoms. The van der Waals surface area contributed by atoms with E-state index in [2.05, 4.69) is 0 Å². The molecular formula is C7H8N2O. The van der Waals surface area contributed by atoms with Crippen LogP contribution in [0.5, 0.6) is 0 Å². The monoisotopic (exact) mass is 136 g/mol. The first-order chi connectivity index (χ1) is 4.63. The van der Waals surface area contributed by atoms with Crippen LogP contribution >= 0.6 is 0 Å². The predicted octanol–water partition coefficient (Wildman–Crippen LogP) is 0.378. The van der Waals surface area contributed by atoms with E-state index in [9.17, 15) is 4.79 Å². The first-order valence-corrected chi connectivity index (χ1v) is 2.90. The van der Waals surface area contributed by atoms with E-state index < -0.39 is 0 Å². The molecule has 3 N–H and O–H groups in total. The van der Waals surface area contributed by atoms with Crippen LogP contribution in [0.3, 0.4) is 0 Å². The number of carbonyl (C=O) groups excluding carboxylic acids is 1. The highest BCUT2D eigenvalue weighted by Gasteiger charge is 2.12. The molecule has 0 aromatic rings. The molecule has 0 heterocycles. The van der Waals surface area contributed by atoms with Gasteiger partial charge in [0.15, 0.2) is 0 Å². The Morgan fingerprint density at radius 1 is 1.50 bits per heavy atom. The molecule has 0 aromatic carbocycles. The average Bonchev–Trinajstić information content (AvgIpc) is 1.93. The smallest absolute Gasteiger partial charge is 0.201 e. The van der Waals surface area contributed by atoms with E-state index in [4.69, 9.17) is 11.1 Å². The first kappa shape index (κ1) is 6.74. The van der Waals surface area contributed by atoms with Crippen molar-refractivity contribution in [3.63, 3.8) is 0 Å². The molecule has 0 spiro atoms. The van der Waals surface area contributed by atoms with Gasteiger partial charge in [-0.1, -0.05) is 0 Å². The number of rotatable bonds is 0. The lowest BCUT2D eigenvalue weighted by Gasteiger charge is -2.07. The summed E-state index contributed by atoms with van der Waals surface area (Å²) in [5.74, 6) is -0.200. The van der Waals surface area contributed by atoms with E-state index in [0.717, 1.165) is 0 Å². The lowest BCUT2D eigenvalue weighted by molar-refractivity contribution is -0.111.